The van der Waals surface area contributed by atoms with Gasteiger partial charge in [0.1, 0.15) is 0 Å². The molecule has 1 unspecified atom stereocenters. The van der Waals surface area contributed by atoms with E-state index in [1.54, 1.807) is 0 Å². The topological polar surface area (TPSA) is 8.17 Å². The largest absolute Gasteiger partial charge is 0.311 e. The van der Waals surface area contributed by atoms with Crippen molar-refractivity contribution in [1.29, 1.82) is 0 Å². The number of allylic oxidation sites excluding steroid dienone is 3. The lowest BCUT2D eigenvalue weighted by atomic mass is 9.90. The zero-order valence-electron chi connectivity index (χ0n) is 24.7. The molecule has 6 aromatic carbocycles. The average Bonchev–Trinajstić information content (AvgIpc) is 3.65. The normalized spacial score (nSPS) is 14.8. The van der Waals surface area contributed by atoms with E-state index in [-0.39, 0.29) is 5.92 Å². The van der Waals surface area contributed by atoms with Crippen LogP contribution < -0.4 is 4.90 Å². The van der Waals surface area contributed by atoms with Crippen LogP contribution in [0.15, 0.2) is 170 Å². The second kappa shape index (κ2) is 10.7. The molecule has 3 heteroatoms. The van der Waals surface area contributed by atoms with Crippen molar-refractivity contribution in [2.45, 2.75) is 12.3 Å². The van der Waals surface area contributed by atoms with Crippen LogP contribution in [0.1, 0.15) is 17.9 Å². The van der Waals surface area contributed by atoms with Gasteiger partial charge in [0.05, 0.1) is 11.0 Å². The summed E-state index contributed by atoms with van der Waals surface area (Å²) < 4.78 is 5.09. The molecule has 2 aromatic heterocycles. The fraction of sp³-hybridized carbons (Fsp3) is 0.0476. The van der Waals surface area contributed by atoms with Crippen molar-refractivity contribution in [3.63, 3.8) is 0 Å². The van der Waals surface area contributed by atoms with Crippen molar-refractivity contribution in [3.05, 3.63) is 175 Å². The maximum absolute atomic E-state index is 2.45. The van der Waals surface area contributed by atoms with Crippen LogP contribution in [0.4, 0.5) is 11.4 Å². The number of anilines is 2. The van der Waals surface area contributed by atoms with E-state index in [1.165, 1.54) is 64.6 Å². The van der Waals surface area contributed by atoms with Gasteiger partial charge >= 0.3 is 0 Å². The van der Waals surface area contributed by atoms with Gasteiger partial charge < -0.3 is 9.47 Å². The Bertz CT molecular complexity index is 2370. The first kappa shape index (κ1) is 26.1. The SMILES string of the molecule is C1=CC(c2ccccc2-n2c3ccccc3c3ccccc32)CC=C1N(c1ccccc1)c1ccc2c(c1)sc1ccccc12. The van der Waals surface area contributed by atoms with Crippen molar-refractivity contribution in [1.82, 2.24) is 4.57 Å². The van der Waals surface area contributed by atoms with Gasteiger partial charge in [-0.1, -0.05) is 109 Å². The van der Waals surface area contributed by atoms with Crippen molar-refractivity contribution >= 4 is 64.7 Å². The molecule has 0 fully saturated rings. The van der Waals surface area contributed by atoms with E-state index in [9.17, 15) is 0 Å². The highest BCUT2D eigenvalue weighted by Gasteiger charge is 2.22. The van der Waals surface area contributed by atoms with Crippen LogP contribution in [0.3, 0.4) is 0 Å². The van der Waals surface area contributed by atoms with Crippen LogP contribution in [0.25, 0.3) is 47.7 Å². The minimum Gasteiger partial charge on any atom is -0.311 e. The van der Waals surface area contributed by atoms with E-state index < -0.39 is 0 Å². The summed E-state index contributed by atoms with van der Waals surface area (Å²) in [5.41, 5.74) is 8.62. The van der Waals surface area contributed by atoms with Gasteiger partial charge in [0.2, 0.25) is 0 Å². The predicted molar refractivity (Wildman–Crippen MR) is 193 cm³/mol. The van der Waals surface area contributed by atoms with E-state index in [1.807, 2.05) is 11.3 Å². The molecule has 0 saturated carbocycles. The van der Waals surface area contributed by atoms with Gasteiger partial charge in [0, 0.05) is 59.6 Å². The second-order valence-corrected chi connectivity index (χ2v) is 12.8. The zero-order chi connectivity index (χ0) is 29.7. The molecule has 0 amide bonds. The Kier molecular flexibility index (Phi) is 6.17. The first-order valence-electron chi connectivity index (χ1n) is 15.6. The first-order valence-corrected chi connectivity index (χ1v) is 16.4. The van der Waals surface area contributed by atoms with E-state index >= 15 is 0 Å². The summed E-state index contributed by atoms with van der Waals surface area (Å²) in [6.07, 6.45) is 8.05. The molecule has 8 aromatic rings. The van der Waals surface area contributed by atoms with E-state index in [4.69, 9.17) is 0 Å². The third kappa shape index (κ3) is 4.31. The number of para-hydroxylation sites is 4. The Labute approximate surface area is 266 Å². The predicted octanol–water partition coefficient (Wildman–Crippen LogP) is 11.9. The Balaban J connectivity index is 1.12. The van der Waals surface area contributed by atoms with Crippen molar-refractivity contribution in [2.75, 3.05) is 4.90 Å². The highest BCUT2D eigenvalue weighted by atomic mass is 32.1. The Morgan fingerprint density at radius 3 is 1.96 bits per heavy atom. The summed E-state index contributed by atoms with van der Waals surface area (Å²) in [6.45, 7) is 0. The van der Waals surface area contributed by atoms with Crippen LogP contribution in [0, 0.1) is 0 Å². The maximum atomic E-state index is 2.45. The molecule has 1 aliphatic rings. The standard InChI is InChI=1S/C42H30N2S/c1-2-12-30(13-3-1)43(32-26-27-37-36-17-7-11-21-41(36)45-42(37)28-32)31-24-22-29(23-25-31)33-14-4-8-18-38(33)44-39-19-9-5-15-34(39)35-16-6-10-20-40(35)44/h1-22,24-29H,23H2. The summed E-state index contributed by atoms with van der Waals surface area (Å²) in [4.78, 5) is 2.40. The number of aromatic nitrogens is 1. The molecule has 0 N–H and O–H groups in total. The minimum atomic E-state index is 0.271. The van der Waals surface area contributed by atoms with Crippen LogP contribution in [-0.4, -0.2) is 4.57 Å². The average molecular weight is 595 g/mol. The van der Waals surface area contributed by atoms with Gasteiger partial charge in [0.15, 0.2) is 0 Å². The van der Waals surface area contributed by atoms with Crippen LogP contribution in [-0.2, 0) is 0 Å². The minimum absolute atomic E-state index is 0.271. The fourth-order valence-corrected chi connectivity index (χ4v) is 8.21. The Hall–Kier alpha value is -5.38. The molecule has 1 aliphatic carbocycles. The Morgan fingerprint density at radius 1 is 0.556 bits per heavy atom. The van der Waals surface area contributed by atoms with E-state index in [0.717, 1.165) is 12.1 Å². The number of hydrogen-bond donors (Lipinski definition) is 0. The van der Waals surface area contributed by atoms with Gasteiger partial charge in [-0.15, -0.1) is 11.3 Å². The molecular weight excluding hydrogens is 565 g/mol. The molecule has 0 radical (unpaired) electrons. The lowest BCUT2D eigenvalue weighted by Crippen LogP contribution is -2.17. The van der Waals surface area contributed by atoms with E-state index in [0.29, 0.717) is 0 Å². The summed E-state index contributed by atoms with van der Waals surface area (Å²) in [6, 6.07) is 52.8. The van der Waals surface area contributed by atoms with Crippen molar-refractivity contribution in [2.24, 2.45) is 0 Å². The second-order valence-electron chi connectivity index (χ2n) is 11.7. The van der Waals surface area contributed by atoms with Crippen LogP contribution in [0.2, 0.25) is 0 Å². The fourth-order valence-electron chi connectivity index (χ4n) is 7.07. The third-order valence-electron chi connectivity index (χ3n) is 9.13. The third-order valence-corrected chi connectivity index (χ3v) is 10.3. The number of fused-ring (bicyclic) bond motifs is 6. The number of hydrogen-bond acceptors (Lipinski definition) is 2. The highest BCUT2D eigenvalue weighted by molar-refractivity contribution is 7.25. The van der Waals surface area contributed by atoms with Gasteiger partial charge in [-0.05, 0) is 66.6 Å². The van der Waals surface area contributed by atoms with Crippen LogP contribution >= 0.6 is 11.3 Å². The molecule has 0 aliphatic heterocycles. The van der Waals surface area contributed by atoms with Gasteiger partial charge in [-0.3, -0.25) is 0 Å². The molecule has 214 valence electrons. The smallest absolute Gasteiger partial charge is 0.0541 e. The molecule has 0 saturated heterocycles. The molecular formula is C42H30N2S. The summed E-state index contributed by atoms with van der Waals surface area (Å²) in [5, 5.41) is 5.23. The number of benzene rings is 6. The van der Waals surface area contributed by atoms with Crippen LogP contribution in [0.5, 0.6) is 0 Å². The molecule has 2 nitrogen and oxygen atoms in total. The summed E-state index contributed by atoms with van der Waals surface area (Å²) >= 11 is 1.87. The molecule has 1 atom stereocenters. The Morgan fingerprint density at radius 2 is 1.20 bits per heavy atom. The molecule has 0 bridgehead atoms. The summed E-state index contributed by atoms with van der Waals surface area (Å²) in [5.74, 6) is 0.271. The molecule has 2 heterocycles. The maximum Gasteiger partial charge on any atom is 0.0541 e. The monoisotopic (exact) mass is 594 g/mol. The lowest BCUT2D eigenvalue weighted by molar-refractivity contribution is 0.831. The lowest BCUT2D eigenvalue weighted by Gasteiger charge is -2.29. The number of thiophene rings is 1. The van der Waals surface area contributed by atoms with Crippen molar-refractivity contribution in [3.8, 4) is 5.69 Å². The molecule has 9 rings (SSSR count). The molecule has 45 heavy (non-hydrogen) atoms. The number of rotatable bonds is 5. The highest BCUT2D eigenvalue weighted by Crippen LogP contribution is 2.41. The van der Waals surface area contributed by atoms with E-state index in [2.05, 4.69) is 173 Å². The van der Waals surface area contributed by atoms with Gasteiger partial charge in [0.25, 0.3) is 0 Å². The number of nitrogens with zero attached hydrogens (tertiary/aromatic N) is 2. The first-order chi connectivity index (χ1) is 22.3. The molecule has 0 spiro atoms. The van der Waals surface area contributed by atoms with Gasteiger partial charge in [-0.25, -0.2) is 0 Å². The van der Waals surface area contributed by atoms with Crippen molar-refractivity contribution < 1.29 is 0 Å². The van der Waals surface area contributed by atoms with Gasteiger partial charge in [-0.2, -0.15) is 0 Å². The summed E-state index contributed by atoms with van der Waals surface area (Å²) in [7, 11) is 0. The zero-order valence-corrected chi connectivity index (χ0v) is 25.5. The quantitative estimate of drug-likeness (QED) is 0.192.